The molecule has 0 fully saturated rings. The molecule has 0 unspecified atom stereocenters. The number of benzene rings is 1. The van der Waals surface area contributed by atoms with Crippen molar-refractivity contribution >= 4 is 34.8 Å². The van der Waals surface area contributed by atoms with E-state index in [0.29, 0.717) is 0 Å². The molecule has 0 saturated carbocycles. The molecule has 1 N–H and O–H groups in total. The molecular formula is C9H8Cl3FO. The van der Waals surface area contributed by atoms with Crippen LogP contribution < -0.4 is 0 Å². The molecule has 0 aliphatic carbocycles. The number of rotatable bonds is 1. The van der Waals surface area contributed by atoms with Crippen molar-refractivity contribution in [3.8, 4) is 5.75 Å². The largest absolute Gasteiger partial charge is 0.505 e. The summed E-state index contributed by atoms with van der Waals surface area (Å²) in [6.45, 7) is 3.54. The molecule has 0 bridgehead atoms. The molecule has 0 heterocycles. The third-order valence-corrected chi connectivity index (χ3v) is 3.17. The van der Waals surface area contributed by atoms with Crippen LogP contribution in [0.5, 0.6) is 5.75 Å². The fourth-order valence-electron chi connectivity index (χ4n) is 1.16. The molecule has 1 nitrogen and oxygen atoms in total. The first-order valence-electron chi connectivity index (χ1n) is 3.92. The molecule has 0 aromatic heterocycles. The second-order valence-electron chi connectivity index (χ2n) is 3.17. The number of aromatic hydroxyl groups is 1. The van der Waals surface area contributed by atoms with Gasteiger partial charge in [0.15, 0.2) is 11.6 Å². The molecular weight excluding hydrogens is 249 g/mol. The molecule has 14 heavy (non-hydrogen) atoms. The van der Waals surface area contributed by atoms with Gasteiger partial charge in [-0.1, -0.05) is 48.7 Å². The molecule has 1 rings (SSSR count). The topological polar surface area (TPSA) is 20.2 Å². The van der Waals surface area contributed by atoms with Crippen molar-refractivity contribution in [3.63, 3.8) is 0 Å². The summed E-state index contributed by atoms with van der Waals surface area (Å²) in [5.74, 6) is -1.59. The van der Waals surface area contributed by atoms with Gasteiger partial charge in [0, 0.05) is 5.56 Å². The summed E-state index contributed by atoms with van der Waals surface area (Å²) < 4.78 is 13.3. The summed E-state index contributed by atoms with van der Waals surface area (Å²) in [4.78, 5) is 0. The summed E-state index contributed by atoms with van der Waals surface area (Å²) in [7, 11) is 0. The van der Waals surface area contributed by atoms with E-state index in [1.54, 1.807) is 13.8 Å². The van der Waals surface area contributed by atoms with Gasteiger partial charge < -0.3 is 5.11 Å². The summed E-state index contributed by atoms with van der Waals surface area (Å²) in [6, 6.07) is 0. The summed E-state index contributed by atoms with van der Waals surface area (Å²) in [5, 5.41) is 9.14. The third kappa shape index (κ3) is 1.79. The van der Waals surface area contributed by atoms with Crippen molar-refractivity contribution in [1.29, 1.82) is 0 Å². The van der Waals surface area contributed by atoms with E-state index in [9.17, 15) is 9.50 Å². The van der Waals surface area contributed by atoms with E-state index in [0.717, 1.165) is 0 Å². The van der Waals surface area contributed by atoms with E-state index in [-0.39, 0.29) is 26.5 Å². The van der Waals surface area contributed by atoms with Crippen molar-refractivity contribution in [2.45, 2.75) is 19.8 Å². The minimum atomic E-state index is -0.926. The molecule has 0 spiro atoms. The molecule has 0 aliphatic rings. The Kier molecular flexibility index (Phi) is 3.51. The van der Waals surface area contributed by atoms with Crippen molar-refractivity contribution in [2.24, 2.45) is 0 Å². The first-order chi connectivity index (χ1) is 6.37. The average Bonchev–Trinajstić information content (AvgIpc) is 2.11. The van der Waals surface area contributed by atoms with Crippen LogP contribution in [0.4, 0.5) is 4.39 Å². The standard InChI is InChI=1S/C9H8Cl3FO/c1-3(2)4-5(10)6(11)7(12)8(13)9(4)14/h3,14H,1-2H3. The van der Waals surface area contributed by atoms with Crippen LogP contribution in [0.3, 0.4) is 0 Å². The van der Waals surface area contributed by atoms with E-state index in [2.05, 4.69) is 0 Å². The van der Waals surface area contributed by atoms with Crippen LogP contribution in [-0.4, -0.2) is 5.11 Å². The zero-order valence-corrected chi connectivity index (χ0v) is 9.80. The summed E-state index contributed by atoms with van der Waals surface area (Å²) in [5.41, 5.74) is 0.276. The highest BCUT2D eigenvalue weighted by atomic mass is 35.5. The Balaban J connectivity index is 3.60. The van der Waals surface area contributed by atoms with E-state index in [1.165, 1.54) is 0 Å². The van der Waals surface area contributed by atoms with Crippen molar-refractivity contribution in [3.05, 3.63) is 26.4 Å². The number of hydrogen-bond acceptors (Lipinski definition) is 1. The molecule has 0 atom stereocenters. The van der Waals surface area contributed by atoms with Crippen LogP contribution in [0.15, 0.2) is 0 Å². The SMILES string of the molecule is CC(C)c1c(O)c(F)c(Cl)c(Cl)c1Cl. The number of hydrogen-bond donors (Lipinski definition) is 1. The van der Waals surface area contributed by atoms with Crippen LogP contribution in [0.1, 0.15) is 25.3 Å². The highest BCUT2D eigenvalue weighted by Gasteiger charge is 2.22. The number of phenols is 1. The Morgan fingerprint density at radius 2 is 1.57 bits per heavy atom. The normalized spacial score (nSPS) is 11.1. The maximum Gasteiger partial charge on any atom is 0.185 e. The van der Waals surface area contributed by atoms with E-state index in [4.69, 9.17) is 34.8 Å². The highest BCUT2D eigenvalue weighted by Crippen LogP contribution is 2.44. The van der Waals surface area contributed by atoms with Gasteiger partial charge in [0.1, 0.15) is 5.02 Å². The number of phenolic OH excluding ortho intramolecular Hbond substituents is 1. The van der Waals surface area contributed by atoms with Crippen molar-refractivity contribution in [2.75, 3.05) is 0 Å². The fraction of sp³-hybridized carbons (Fsp3) is 0.333. The Hall–Kier alpha value is -0.180. The average molecular weight is 258 g/mol. The molecule has 5 heteroatoms. The first kappa shape index (κ1) is 11.9. The van der Waals surface area contributed by atoms with Crippen LogP contribution in [0.2, 0.25) is 15.1 Å². The monoisotopic (exact) mass is 256 g/mol. The maximum absolute atomic E-state index is 13.3. The quantitative estimate of drug-likeness (QED) is 0.575. The minimum absolute atomic E-state index is 0.0627. The van der Waals surface area contributed by atoms with Gasteiger partial charge in [-0.15, -0.1) is 0 Å². The molecule has 0 saturated heterocycles. The number of halogens is 4. The lowest BCUT2D eigenvalue weighted by Crippen LogP contribution is -1.95. The van der Waals surface area contributed by atoms with Gasteiger partial charge in [-0.3, -0.25) is 0 Å². The Morgan fingerprint density at radius 1 is 1.07 bits per heavy atom. The lowest BCUT2D eigenvalue weighted by molar-refractivity contribution is 0.423. The van der Waals surface area contributed by atoms with Crippen LogP contribution in [-0.2, 0) is 0 Å². The van der Waals surface area contributed by atoms with Crippen molar-refractivity contribution in [1.82, 2.24) is 0 Å². The van der Waals surface area contributed by atoms with Gasteiger partial charge in [-0.05, 0) is 5.92 Å². The highest BCUT2D eigenvalue weighted by molar-refractivity contribution is 6.48. The predicted molar refractivity (Wildman–Crippen MR) is 57.2 cm³/mol. The van der Waals surface area contributed by atoms with E-state index < -0.39 is 11.6 Å². The summed E-state index contributed by atoms with van der Waals surface area (Å²) in [6.07, 6.45) is 0. The van der Waals surface area contributed by atoms with Gasteiger partial charge >= 0.3 is 0 Å². The molecule has 1 aromatic carbocycles. The Bertz CT molecular complexity index is 348. The molecule has 0 aliphatic heterocycles. The fourth-order valence-corrected chi connectivity index (χ4v) is 1.98. The van der Waals surface area contributed by atoms with Crippen LogP contribution in [0.25, 0.3) is 0 Å². The van der Waals surface area contributed by atoms with Crippen LogP contribution >= 0.6 is 34.8 Å². The third-order valence-electron chi connectivity index (χ3n) is 1.85. The maximum atomic E-state index is 13.3. The smallest absolute Gasteiger partial charge is 0.185 e. The Labute approximate surface area is 96.4 Å². The minimum Gasteiger partial charge on any atom is -0.505 e. The van der Waals surface area contributed by atoms with Crippen molar-refractivity contribution < 1.29 is 9.50 Å². The predicted octanol–water partition coefficient (Wildman–Crippen LogP) is 4.61. The first-order valence-corrected chi connectivity index (χ1v) is 5.06. The molecule has 1 aromatic rings. The van der Waals surface area contributed by atoms with E-state index in [1.807, 2.05) is 0 Å². The molecule has 0 radical (unpaired) electrons. The van der Waals surface area contributed by atoms with Gasteiger partial charge in [0.2, 0.25) is 0 Å². The second kappa shape index (κ2) is 4.13. The lowest BCUT2D eigenvalue weighted by Gasteiger charge is -2.13. The Morgan fingerprint density at radius 3 is 2.00 bits per heavy atom. The molecule has 0 amide bonds. The zero-order valence-electron chi connectivity index (χ0n) is 7.54. The summed E-state index contributed by atoms with van der Waals surface area (Å²) >= 11 is 17.0. The molecule has 78 valence electrons. The van der Waals surface area contributed by atoms with Gasteiger partial charge in [0.25, 0.3) is 0 Å². The lowest BCUT2D eigenvalue weighted by atomic mass is 10.0. The van der Waals surface area contributed by atoms with E-state index >= 15 is 0 Å². The van der Waals surface area contributed by atoms with Gasteiger partial charge in [0.05, 0.1) is 10.0 Å². The van der Waals surface area contributed by atoms with Crippen LogP contribution in [0, 0.1) is 5.82 Å². The second-order valence-corrected chi connectivity index (χ2v) is 4.31. The van der Waals surface area contributed by atoms with Gasteiger partial charge in [-0.25, -0.2) is 4.39 Å². The van der Waals surface area contributed by atoms with Gasteiger partial charge in [-0.2, -0.15) is 0 Å². The zero-order chi connectivity index (χ0) is 11.0.